The van der Waals surface area contributed by atoms with Crippen LogP contribution in [0, 0.1) is 5.92 Å². The molecule has 2 atom stereocenters. The van der Waals surface area contributed by atoms with E-state index in [2.05, 4.69) is 52.3 Å². The van der Waals surface area contributed by atoms with E-state index in [0.29, 0.717) is 18.4 Å². The number of amides is 1. The molecule has 0 radical (unpaired) electrons. The van der Waals surface area contributed by atoms with Crippen molar-refractivity contribution >= 4 is 16.8 Å². The zero-order valence-corrected chi connectivity index (χ0v) is 15.9. The number of carbonyl (C=O) groups is 1. The van der Waals surface area contributed by atoms with E-state index in [1.807, 2.05) is 0 Å². The number of benzene rings is 1. The van der Waals surface area contributed by atoms with Crippen LogP contribution < -0.4 is 5.32 Å². The summed E-state index contributed by atoms with van der Waals surface area (Å²) < 4.78 is 2.16. The molecule has 0 spiro atoms. The third kappa shape index (κ3) is 3.66. The molecule has 1 N–H and O–H groups in total. The molecule has 1 amide bonds. The van der Waals surface area contributed by atoms with Gasteiger partial charge >= 0.3 is 0 Å². The van der Waals surface area contributed by atoms with E-state index in [4.69, 9.17) is 0 Å². The van der Waals surface area contributed by atoms with Crippen molar-refractivity contribution in [1.82, 2.24) is 14.8 Å². The zero-order chi connectivity index (χ0) is 17.9. The molecule has 0 saturated carbocycles. The highest BCUT2D eigenvalue weighted by Gasteiger charge is 2.32. The predicted octanol–water partition coefficient (Wildman–Crippen LogP) is 3.49. The Balaban J connectivity index is 1.30. The number of aryl methyl sites for hydroxylation is 2. The van der Waals surface area contributed by atoms with Crippen molar-refractivity contribution in [2.75, 3.05) is 19.6 Å². The van der Waals surface area contributed by atoms with Crippen LogP contribution in [-0.4, -0.2) is 41.1 Å². The summed E-state index contributed by atoms with van der Waals surface area (Å²) in [5, 5.41) is 4.51. The molecule has 0 unspecified atom stereocenters. The maximum absolute atomic E-state index is 12.4. The Hall–Kier alpha value is -1.81. The second-order valence-corrected chi connectivity index (χ2v) is 8.09. The number of piperidine rings is 2. The minimum atomic E-state index is 0.200. The molecular formula is C22H31N3O. The fourth-order valence-electron chi connectivity index (χ4n) is 5.02. The average Bonchev–Trinajstić information content (AvgIpc) is 3.01. The Bertz CT molecular complexity index is 764. The van der Waals surface area contributed by atoms with Gasteiger partial charge in [-0.15, -0.1) is 0 Å². The Morgan fingerprint density at radius 1 is 1.15 bits per heavy atom. The molecule has 2 aliphatic rings. The second kappa shape index (κ2) is 7.83. The summed E-state index contributed by atoms with van der Waals surface area (Å²) in [4.78, 5) is 15.1. The lowest BCUT2D eigenvalue weighted by Crippen LogP contribution is -2.51. The van der Waals surface area contributed by atoms with E-state index >= 15 is 0 Å². The maximum atomic E-state index is 12.4. The lowest BCUT2D eigenvalue weighted by molar-refractivity contribution is -0.121. The molecule has 1 aromatic carbocycles. The monoisotopic (exact) mass is 353 g/mol. The molecule has 2 aromatic rings. The van der Waals surface area contributed by atoms with Gasteiger partial charge in [-0.25, -0.2) is 0 Å². The molecule has 2 fully saturated rings. The number of nitrogens with zero attached hydrogens (tertiary/aromatic N) is 2. The van der Waals surface area contributed by atoms with E-state index in [1.165, 1.54) is 61.7 Å². The molecule has 0 bridgehead atoms. The Morgan fingerprint density at radius 2 is 2.00 bits per heavy atom. The predicted molar refractivity (Wildman–Crippen MR) is 106 cm³/mol. The Labute approximate surface area is 156 Å². The fourth-order valence-corrected chi connectivity index (χ4v) is 5.02. The third-order valence-electron chi connectivity index (χ3n) is 6.39. The van der Waals surface area contributed by atoms with Crippen LogP contribution in [0.2, 0.25) is 0 Å². The van der Waals surface area contributed by atoms with E-state index in [-0.39, 0.29) is 5.91 Å². The van der Waals surface area contributed by atoms with Gasteiger partial charge in [-0.3, -0.25) is 4.79 Å². The van der Waals surface area contributed by atoms with Gasteiger partial charge in [-0.05, 0) is 62.7 Å². The van der Waals surface area contributed by atoms with Crippen molar-refractivity contribution in [3.8, 4) is 0 Å². The summed E-state index contributed by atoms with van der Waals surface area (Å²) in [6.07, 6.45) is 10.1. The van der Waals surface area contributed by atoms with Crippen LogP contribution in [0.25, 0.3) is 10.9 Å². The molecule has 26 heavy (non-hydrogen) atoms. The standard InChI is InChI=1S/C22H31N3O/c1-24-16-18(19-8-2-3-10-21(19)24)11-12-22(26)23-15-17-7-6-14-25-13-5-4-9-20(17)25/h2-3,8,10,16-17,20H,4-7,9,11-15H2,1H3,(H,23,26)/t17-,20+/m0/s1. The first-order valence-electron chi connectivity index (χ1n) is 10.3. The van der Waals surface area contributed by atoms with Crippen LogP contribution in [0.1, 0.15) is 44.1 Å². The van der Waals surface area contributed by atoms with Crippen LogP contribution in [0.15, 0.2) is 30.5 Å². The number of hydrogen-bond donors (Lipinski definition) is 1. The van der Waals surface area contributed by atoms with Crippen LogP contribution in [0.3, 0.4) is 0 Å². The number of nitrogens with one attached hydrogen (secondary N) is 1. The first-order chi connectivity index (χ1) is 12.7. The van der Waals surface area contributed by atoms with Gasteiger partial charge in [0.1, 0.15) is 0 Å². The van der Waals surface area contributed by atoms with Gasteiger partial charge < -0.3 is 14.8 Å². The van der Waals surface area contributed by atoms with Crippen molar-refractivity contribution in [3.63, 3.8) is 0 Å². The summed E-state index contributed by atoms with van der Waals surface area (Å²) in [6, 6.07) is 9.14. The summed E-state index contributed by atoms with van der Waals surface area (Å²) in [5.41, 5.74) is 2.51. The normalized spacial score (nSPS) is 23.7. The largest absolute Gasteiger partial charge is 0.356 e. The number of aromatic nitrogens is 1. The highest BCUT2D eigenvalue weighted by molar-refractivity contribution is 5.84. The topological polar surface area (TPSA) is 37.3 Å². The smallest absolute Gasteiger partial charge is 0.220 e. The van der Waals surface area contributed by atoms with E-state index in [9.17, 15) is 4.79 Å². The van der Waals surface area contributed by atoms with Crippen molar-refractivity contribution in [2.24, 2.45) is 13.0 Å². The average molecular weight is 354 g/mol. The van der Waals surface area contributed by atoms with Gasteiger partial charge in [0.2, 0.25) is 5.91 Å². The van der Waals surface area contributed by atoms with Crippen molar-refractivity contribution in [2.45, 2.75) is 51.0 Å². The van der Waals surface area contributed by atoms with Crippen molar-refractivity contribution < 1.29 is 4.79 Å². The summed E-state index contributed by atoms with van der Waals surface area (Å²) in [5.74, 6) is 0.844. The van der Waals surface area contributed by atoms with Crippen LogP contribution in [0.4, 0.5) is 0 Å². The van der Waals surface area contributed by atoms with E-state index in [1.54, 1.807) is 0 Å². The van der Waals surface area contributed by atoms with E-state index in [0.717, 1.165) is 13.0 Å². The molecule has 4 nitrogen and oxygen atoms in total. The fraction of sp³-hybridized carbons (Fsp3) is 0.591. The quantitative estimate of drug-likeness (QED) is 0.893. The molecule has 4 rings (SSSR count). The second-order valence-electron chi connectivity index (χ2n) is 8.09. The van der Waals surface area contributed by atoms with Gasteiger partial charge in [-0.1, -0.05) is 24.6 Å². The van der Waals surface area contributed by atoms with Crippen LogP contribution in [-0.2, 0) is 18.3 Å². The molecule has 4 heteroatoms. The van der Waals surface area contributed by atoms with Gasteiger partial charge in [-0.2, -0.15) is 0 Å². The first kappa shape index (κ1) is 17.6. The molecule has 0 aliphatic carbocycles. The lowest BCUT2D eigenvalue weighted by Gasteiger charge is -2.44. The molecule has 140 valence electrons. The molecule has 2 saturated heterocycles. The molecule has 3 heterocycles. The van der Waals surface area contributed by atoms with Crippen LogP contribution in [0.5, 0.6) is 0 Å². The van der Waals surface area contributed by atoms with Crippen molar-refractivity contribution in [1.29, 1.82) is 0 Å². The number of carbonyl (C=O) groups excluding carboxylic acids is 1. The van der Waals surface area contributed by atoms with Crippen molar-refractivity contribution in [3.05, 3.63) is 36.0 Å². The summed E-state index contributed by atoms with van der Waals surface area (Å²) >= 11 is 0. The Kier molecular flexibility index (Phi) is 5.30. The van der Waals surface area contributed by atoms with E-state index < -0.39 is 0 Å². The van der Waals surface area contributed by atoms with Gasteiger partial charge in [0, 0.05) is 43.2 Å². The minimum absolute atomic E-state index is 0.200. The third-order valence-corrected chi connectivity index (χ3v) is 6.39. The highest BCUT2D eigenvalue weighted by atomic mass is 16.1. The first-order valence-corrected chi connectivity index (χ1v) is 10.3. The lowest BCUT2D eigenvalue weighted by atomic mass is 9.83. The van der Waals surface area contributed by atoms with Crippen LogP contribution >= 0.6 is 0 Å². The summed E-state index contributed by atoms with van der Waals surface area (Å²) in [6.45, 7) is 3.38. The number of hydrogen-bond acceptors (Lipinski definition) is 2. The number of rotatable bonds is 5. The Morgan fingerprint density at radius 3 is 2.92 bits per heavy atom. The number of fused-ring (bicyclic) bond motifs is 2. The van der Waals surface area contributed by atoms with Gasteiger partial charge in [0.05, 0.1) is 0 Å². The zero-order valence-electron chi connectivity index (χ0n) is 15.9. The molecular weight excluding hydrogens is 322 g/mol. The maximum Gasteiger partial charge on any atom is 0.220 e. The van der Waals surface area contributed by atoms with Gasteiger partial charge in [0.25, 0.3) is 0 Å². The SMILES string of the molecule is Cn1cc(CCC(=O)NC[C@@H]2CCCN3CCCC[C@H]23)c2ccccc21. The number of para-hydroxylation sites is 1. The molecule has 1 aromatic heterocycles. The molecule has 2 aliphatic heterocycles. The minimum Gasteiger partial charge on any atom is -0.356 e. The van der Waals surface area contributed by atoms with Gasteiger partial charge in [0.15, 0.2) is 0 Å². The highest BCUT2D eigenvalue weighted by Crippen LogP contribution is 2.30. The summed E-state index contributed by atoms with van der Waals surface area (Å²) in [7, 11) is 2.07.